The Balaban J connectivity index is 1.78. The van der Waals surface area contributed by atoms with Crippen LogP contribution in [0.15, 0.2) is 41.5 Å². The highest BCUT2D eigenvalue weighted by Crippen LogP contribution is 2.46. The number of rotatable bonds is 4. The highest BCUT2D eigenvalue weighted by molar-refractivity contribution is 7.90. The van der Waals surface area contributed by atoms with Gasteiger partial charge in [0.25, 0.3) is 5.91 Å². The third kappa shape index (κ3) is 3.48. The molecule has 2 aliphatic rings. The third-order valence-corrected chi connectivity index (χ3v) is 7.98. The van der Waals surface area contributed by atoms with Gasteiger partial charge >= 0.3 is 0 Å². The minimum atomic E-state index is -4.22. The molecule has 1 amide bonds. The standard InChI is InChI=1S/C19H18ClF2N5O4S/c1-27-18(23)26-19(9-31-15(7-21)16(19)32(27,29)30)12-6-11(3-4-13(12)22)25-17(28)14-5-2-10(20)8-24-14/h2-6,8,15-16H,7,9H2,1H3,(H2,23,26)(H,25,28)/t15-,16+,19+/m0/s1. The van der Waals surface area contributed by atoms with Crippen molar-refractivity contribution in [2.45, 2.75) is 16.9 Å². The fourth-order valence-corrected chi connectivity index (χ4v) is 5.91. The van der Waals surface area contributed by atoms with Crippen molar-refractivity contribution >= 4 is 39.2 Å². The lowest BCUT2D eigenvalue weighted by Gasteiger charge is -2.39. The van der Waals surface area contributed by atoms with Crippen LogP contribution in [0.1, 0.15) is 16.1 Å². The summed E-state index contributed by atoms with van der Waals surface area (Å²) in [5, 5.41) is 1.36. The summed E-state index contributed by atoms with van der Waals surface area (Å²) < 4.78 is 60.8. The van der Waals surface area contributed by atoms with E-state index >= 15 is 0 Å². The molecule has 1 saturated heterocycles. The number of hydrogen-bond acceptors (Lipinski definition) is 7. The fourth-order valence-electron chi connectivity index (χ4n) is 3.88. The van der Waals surface area contributed by atoms with Gasteiger partial charge in [0.15, 0.2) is 0 Å². The van der Waals surface area contributed by atoms with Crippen LogP contribution in [0.5, 0.6) is 0 Å². The summed E-state index contributed by atoms with van der Waals surface area (Å²) in [4.78, 5) is 20.6. The number of nitrogens with two attached hydrogens (primary N) is 1. The molecule has 0 aliphatic carbocycles. The first kappa shape index (κ1) is 22.4. The maximum absolute atomic E-state index is 15.0. The molecule has 0 unspecified atom stereocenters. The number of amides is 1. The Kier molecular flexibility index (Phi) is 5.55. The highest BCUT2D eigenvalue weighted by Gasteiger charge is 2.62. The number of aliphatic imine (C=N–C) groups is 1. The fraction of sp³-hybridized carbons (Fsp3) is 0.316. The van der Waals surface area contributed by atoms with Crippen LogP contribution in [0.2, 0.25) is 5.02 Å². The average molecular weight is 486 g/mol. The molecule has 9 nitrogen and oxygen atoms in total. The normalized spacial score (nSPS) is 26.4. The van der Waals surface area contributed by atoms with Gasteiger partial charge in [-0.25, -0.2) is 31.5 Å². The van der Waals surface area contributed by atoms with Crippen molar-refractivity contribution in [1.29, 1.82) is 0 Å². The molecule has 0 saturated carbocycles. The number of guanidine groups is 1. The first-order valence-electron chi connectivity index (χ1n) is 9.34. The first-order valence-corrected chi connectivity index (χ1v) is 11.2. The summed E-state index contributed by atoms with van der Waals surface area (Å²) in [5.74, 6) is -1.79. The van der Waals surface area contributed by atoms with Crippen LogP contribution >= 0.6 is 11.6 Å². The zero-order valence-electron chi connectivity index (χ0n) is 16.6. The van der Waals surface area contributed by atoms with E-state index in [0.29, 0.717) is 5.02 Å². The van der Waals surface area contributed by atoms with Crippen molar-refractivity contribution in [3.05, 3.63) is 58.6 Å². The predicted octanol–water partition coefficient (Wildman–Crippen LogP) is 1.65. The monoisotopic (exact) mass is 485 g/mol. The van der Waals surface area contributed by atoms with Crippen molar-refractivity contribution < 1.29 is 26.7 Å². The number of pyridine rings is 1. The van der Waals surface area contributed by atoms with Crippen LogP contribution in [0.25, 0.3) is 0 Å². The summed E-state index contributed by atoms with van der Waals surface area (Å²) in [7, 11) is -3.04. The molecule has 1 aromatic heterocycles. The third-order valence-electron chi connectivity index (χ3n) is 5.47. The summed E-state index contributed by atoms with van der Waals surface area (Å²) >= 11 is 5.77. The van der Waals surface area contributed by atoms with Gasteiger partial charge in [-0.05, 0) is 30.3 Å². The van der Waals surface area contributed by atoms with Crippen LogP contribution in [0.3, 0.4) is 0 Å². The van der Waals surface area contributed by atoms with E-state index < -0.39 is 51.9 Å². The molecule has 3 N–H and O–H groups in total. The molecule has 1 aromatic carbocycles. The number of halogens is 3. The SMILES string of the molecule is CN1C(N)=N[C@@]2(c3cc(NC(=O)c4ccc(Cl)cn4)ccc3F)CO[C@@H](CF)[C@H]2S1(=O)=O. The van der Waals surface area contributed by atoms with Gasteiger partial charge in [-0.3, -0.25) is 4.79 Å². The summed E-state index contributed by atoms with van der Waals surface area (Å²) in [6.07, 6.45) is -0.0699. The molecule has 13 heteroatoms. The summed E-state index contributed by atoms with van der Waals surface area (Å²) in [6, 6.07) is 6.46. The second kappa shape index (κ2) is 7.94. The maximum Gasteiger partial charge on any atom is 0.274 e. The van der Waals surface area contributed by atoms with E-state index in [4.69, 9.17) is 22.1 Å². The van der Waals surface area contributed by atoms with Crippen molar-refractivity contribution in [3.63, 3.8) is 0 Å². The van der Waals surface area contributed by atoms with Crippen molar-refractivity contribution in [3.8, 4) is 0 Å². The summed E-state index contributed by atoms with van der Waals surface area (Å²) in [5.41, 5.74) is 4.00. The number of benzene rings is 1. The zero-order chi connectivity index (χ0) is 23.3. The number of carbonyl (C=O) groups excluding carboxylic acids is 1. The quantitative estimate of drug-likeness (QED) is 0.678. The van der Waals surface area contributed by atoms with E-state index in [1.807, 2.05) is 0 Å². The average Bonchev–Trinajstić information content (AvgIpc) is 3.14. The Morgan fingerprint density at radius 1 is 1.41 bits per heavy atom. The topological polar surface area (TPSA) is 127 Å². The van der Waals surface area contributed by atoms with Gasteiger partial charge in [-0.1, -0.05) is 11.6 Å². The molecular formula is C19H18ClF2N5O4S. The van der Waals surface area contributed by atoms with E-state index in [1.165, 1.54) is 37.5 Å². The lowest BCUT2D eigenvalue weighted by molar-refractivity contribution is 0.0847. The van der Waals surface area contributed by atoms with E-state index in [2.05, 4.69) is 15.3 Å². The maximum atomic E-state index is 15.0. The molecule has 3 heterocycles. The largest absolute Gasteiger partial charge is 0.371 e. The van der Waals surface area contributed by atoms with Gasteiger partial charge in [-0.15, -0.1) is 0 Å². The van der Waals surface area contributed by atoms with Gasteiger partial charge in [-0.2, -0.15) is 0 Å². The van der Waals surface area contributed by atoms with Crippen LogP contribution in [-0.2, 0) is 20.3 Å². The first-order chi connectivity index (χ1) is 15.1. The number of fused-ring (bicyclic) bond motifs is 1. The van der Waals surface area contributed by atoms with Gasteiger partial charge in [0, 0.05) is 24.5 Å². The highest BCUT2D eigenvalue weighted by atomic mass is 35.5. The Morgan fingerprint density at radius 2 is 2.16 bits per heavy atom. The number of aromatic nitrogens is 1. The zero-order valence-corrected chi connectivity index (χ0v) is 18.2. The molecule has 2 aromatic rings. The molecule has 32 heavy (non-hydrogen) atoms. The molecule has 2 aliphatic heterocycles. The molecule has 3 atom stereocenters. The minimum Gasteiger partial charge on any atom is -0.371 e. The van der Waals surface area contributed by atoms with E-state index in [-0.39, 0.29) is 22.9 Å². The van der Waals surface area contributed by atoms with Crippen LogP contribution < -0.4 is 11.1 Å². The van der Waals surface area contributed by atoms with Crippen molar-refractivity contribution in [2.75, 3.05) is 25.6 Å². The molecule has 0 radical (unpaired) electrons. The molecule has 0 bridgehead atoms. The van der Waals surface area contributed by atoms with E-state index in [1.54, 1.807) is 0 Å². The minimum absolute atomic E-state index is 0.0575. The number of ether oxygens (including phenoxy) is 1. The lowest BCUT2D eigenvalue weighted by Crippen LogP contribution is -2.59. The Labute approximate surface area is 187 Å². The number of carbonyl (C=O) groups is 1. The summed E-state index contributed by atoms with van der Waals surface area (Å²) in [6.45, 7) is -1.53. The Bertz CT molecular complexity index is 1210. The second-order valence-electron chi connectivity index (χ2n) is 7.34. The number of nitrogens with zero attached hydrogens (tertiary/aromatic N) is 3. The van der Waals surface area contributed by atoms with Crippen molar-refractivity contribution in [1.82, 2.24) is 9.29 Å². The number of anilines is 1. The van der Waals surface area contributed by atoms with E-state index in [0.717, 1.165) is 10.4 Å². The van der Waals surface area contributed by atoms with Crippen LogP contribution in [0.4, 0.5) is 14.5 Å². The van der Waals surface area contributed by atoms with Crippen molar-refractivity contribution in [2.24, 2.45) is 10.7 Å². The smallest absolute Gasteiger partial charge is 0.274 e. The Morgan fingerprint density at radius 3 is 2.81 bits per heavy atom. The lowest BCUT2D eigenvalue weighted by atomic mass is 9.86. The predicted molar refractivity (Wildman–Crippen MR) is 113 cm³/mol. The Hall–Kier alpha value is -2.83. The van der Waals surface area contributed by atoms with Gasteiger partial charge in [0.1, 0.15) is 35.1 Å². The van der Waals surface area contributed by atoms with E-state index in [9.17, 15) is 22.0 Å². The molecule has 4 rings (SSSR count). The van der Waals surface area contributed by atoms with Crippen LogP contribution in [-0.4, -0.2) is 61.3 Å². The number of alkyl halides is 1. The number of hydrogen-bond donors (Lipinski definition) is 2. The van der Waals surface area contributed by atoms with Crippen LogP contribution in [0, 0.1) is 5.82 Å². The molecule has 0 spiro atoms. The molecular weight excluding hydrogens is 468 g/mol. The van der Waals surface area contributed by atoms with Gasteiger partial charge < -0.3 is 15.8 Å². The molecule has 1 fully saturated rings. The van der Waals surface area contributed by atoms with Gasteiger partial charge in [0.05, 0.1) is 11.6 Å². The molecule has 170 valence electrons. The number of nitrogens with one attached hydrogen (secondary N) is 1. The number of sulfonamides is 1. The second-order valence-corrected chi connectivity index (χ2v) is 9.86. The van der Waals surface area contributed by atoms with Gasteiger partial charge in [0.2, 0.25) is 16.0 Å².